The summed E-state index contributed by atoms with van der Waals surface area (Å²) in [4.78, 5) is 24.7. The Balaban J connectivity index is 1.41. The van der Waals surface area contributed by atoms with Crippen molar-refractivity contribution < 1.29 is 9.59 Å². The minimum absolute atomic E-state index is 0.0934. The summed E-state index contributed by atoms with van der Waals surface area (Å²) in [5, 5.41) is 13.4. The molecular weight excluding hydrogens is 366 g/mol. The van der Waals surface area contributed by atoms with E-state index < -0.39 is 0 Å². The maximum Gasteiger partial charge on any atom is 0.251 e. The van der Waals surface area contributed by atoms with Gasteiger partial charge in [-0.2, -0.15) is 5.10 Å². The van der Waals surface area contributed by atoms with E-state index in [1.807, 2.05) is 42.5 Å². The van der Waals surface area contributed by atoms with Gasteiger partial charge in [-0.15, -0.1) is 0 Å². The van der Waals surface area contributed by atoms with E-state index in [0.717, 1.165) is 30.8 Å². The van der Waals surface area contributed by atoms with Crippen LogP contribution in [-0.2, 0) is 11.2 Å². The van der Waals surface area contributed by atoms with Crippen LogP contribution in [0.4, 0.5) is 5.69 Å². The molecule has 1 aliphatic rings. The summed E-state index contributed by atoms with van der Waals surface area (Å²) in [6, 6.07) is 17.0. The van der Waals surface area contributed by atoms with Crippen LogP contribution in [0, 0.1) is 0 Å². The van der Waals surface area contributed by atoms with Crippen molar-refractivity contribution in [3.63, 3.8) is 0 Å². The van der Waals surface area contributed by atoms with Gasteiger partial charge in [0.15, 0.2) is 0 Å². The van der Waals surface area contributed by atoms with Crippen LogP contribution < -0.4 is 16.0 Å². The van der Waals surface area contributed by atoms with Crippen LogP contribution in [-0.4, -0.2) is 40.7 Å². The summed E-state index contributed by atoms with van der Waals surface area (Å²) in [5.74, 6) is -0.196. The van der Waals surface area contributed by atoms with Gasteiger partial charge in [0.1, 0.15) is 0 Å². The molecule has 0 unspecified atom stereocenters. The van der Waals surface area contributed by atoms with E-state index in [-0.39, 0.29) is 17.9 Å². The lowest BCUT2D eigenvalue weighted by atomic mass is 10.1. The summed E-state index contributed by atoms with van der Waals surface area (Å²) in [6.07, 6.45) is 4.58. The molecular formula is C22H23N5O2. The molecule has 1 saturated heterocycles. The first-order valence-electron chi connectivity index (χ1n) is 9.68. The molecule has 2 heterocycles. The van der Waals surface area contributed by atoms with Gasteiger partial charge in [-0.1, -0.05) is 36.4 Å². The highest BCUT2D eigenvalue weighted by atomic mass is 16.2. The van der Waals surface area contributed by atoms with Crippen molar-refractivity contribution in [2.45, 2.75) is 18.9 Å². The predicted octanol–water partition coefficient (Wildman–Crippen LogP) is 2.15. The third kappa shape index (κ3) is 4.89. The van der Waals surface area contributed by atoms with Crippen LogP contribution in [0.15, 0.2) is 67.0 Å². The van der Waals surface area contributed by atoms with Gasteiger partial charge < -0.3 is 16.0 Å². The number of carbonyl (C=O) groups excluding carboxylic acids is 2. The largest absolute Gasteiger partial charge is 0.348 e. The molecule has 3 aromatic rings. The van der Waals surface area contributed by atoms with Gasteiger partial charge in [-0.05, 0) is 36.7 Å². The lowest BCUT2D eigenvalue weighted by molar-refractivity contribution is -0.115. The Morgan fingerprint density at radius 3 is 2.79 bits per heavy atom. The van der Waals surface area contributed by atoms with Crippen LogP contribution in [0.2, 0.25) is 0 Å². The number of nitrogens with one attached hydrogen (secondary N) is 3. The molecule has 2 amide bonds. The van der Waals surface area contributed by atoms with E-state index in [2.05, 4.69) is 21.0 Å². The molecule has 29 heavy (non-hydrogen) atoms. The zero-order valence-electron chi connectivity index (χ0n) is 16.0. The molecule has 1 fully saturated rings. The molecule has 7 heteroatoms. The van der Waals surface area contributed by atoms with E-state index in [1.165, 1.54) is 0 Å². The Bertz CT molecular complexity index is 993. The van der Waals surface area contributed by atoms with Crippen LogP contribution in [0.5, 0.6) is 0 Å². The second-order valence-electron chi connectivity index (χ2n) is 7.10. The first kappa shape index (κ1) is 18.9. The number of nitrogens with zero attached hydrogens (tertiary/aromatic N) is 2. The lowest BCUT2D eigenvalue weighted by Gasteiger charge is -2.12. The summed E-state index contributed by atoms with van der Waals surface area (Å²) >= 11 is 0. The maximum absolute atomic E-state index is 12.5. The molecule has 148 valence electrons. The summed E-state index contributed by atoms with van der Waals surface area (Å²) in [6.45, 7) is 1.73. The third-order valence-electron chi connectivity index (χ3n) is 4.84. The minimum atomic E-state index is -0.103. The highest BCUT2D eigenvalue weighted by molar-refractivity contribution is 5.95. The minimum Gasteiger partial charge on any atom is -0.348 e. The standard InChI is InChI=1S/C22H23N5O2/c28-21(11-16-5-2-1-3-6-16)25-19-14-24-27(15-19)20-8-4-7-17(12-20)22(29)26-18-9-10-23-13-18/h1-8,12,14-15,18,23H,9-11,13H2,(H,25,28)(H,26,29)/t18-/m0/s1. The topological polar surface area (TPSA) is 88.0 Å². The molecule has 0 saturated carbocycles. The molecule has 7 nitrogen and oxygen atoms in total. The van der Waals surface area contributed by atoms with E-state index in [9.17, 15) is 9.59 Å². The van der Waals surface area contributed by atoms with E-state index in [1.54, 1.807) is 29.2 Å². The third-order valence-corrected chi connectivity index (χ3v) is 4.84. The Morgan fingerprint density at radius 2 is 2.00 bits per heavy atom. The van der Waals surface area contributed by atoms with E-state index >= 15 is 0 Å². The van der Waals surface area contributed by atoms with Gasteiger partial charge in [0.05, 0.1) is 30.2 Å². The van der Waals surface area contributed by atoms with Crippen LogP contribution in [0.3, 0.4) is 0 Å². The fraction of sp³-hybridized carbons (Fsp3) is 0.227. The van der Waals surface area contributed by atoms with Crippen molar-refractivity contribution in [2.24, 2.45) is 0 Å². The number of benzene rings is 2. The molecule has 0 bridgehead atoms. The van der Waals surface area contributed by atoms with Crippen molar-refractivity contribution >= 4 is 17.5 Å². The van der Waals surface area contributed by atoms with Gasteiger partial charge in [-0.25, -0.2) is 4.68 Å². The first-order valence-corrected chi connectivity index (χ1v) is 9.68. The Labute approximate surface area is 169 Å². The first-order chi connectivity index (χ1) is 14.2. The van der Waals surface area contributed by atoms with Crippen LogP contribution in [0.25, 0.3) is 5.69 Å². The highest BCUT2D eigenvalue weighted by Crippen LogP contribution is 2.14. The number of anilines is 1. The molecule has 0 aliphatic carbocycles. The zero-order chi connectivity index (χ0) is 20.1. The number of aromatic nitrogens is 2. The maximum atomic E-state index is 12.5. The Kier molecular flexibility index (Phi) is 5.67. The summed E-state index contributed by atoms with van der Waals surface area (Å²) in [5.41, 5.74) is 2.90. The van der Waals surface area contributed by atoms with Crippen molar-refractivity contribution in [3.05, 3.63) is 78.1 Å². The number of hydrogen-bond acceptors (Lipinski definition) is 4. The zero-order valence-corrected chi connectivity index (χ0v) is 16.0. The fourth-order valence-corrected chi connectivity index (χ4v) is 3.35. The molecule has 2 aromatic carbocycles. The van der Waals surface area contributed by atoms with Crippen molar-refractivity contribution in [1.82, 2.24) is 20.4 Å². The van der Waals surface area contributed by atoms with Gasteiger partial charge >= 0.3 is 0 Å². The van der Waals surface area contributed by atoms with Crippen molar-refractivity contribution in [3.8, 4) is 5.69 Å². The van der Waals surface area contributed by atoms with Gasteiger partial charge in [0.25, 0.3) is 5.91 Å². The van der Waals surface area contributed by atoms with Crippen LogP contribution in [0.1, 0.15) is 22.3 Å². The monoisotopic (exact) mass is 389 g/mol. The average molecular weight is 389 g/mol. The molecule has 0 spiro atoms. The normalized spacial score (nSPS) is 15.8. The van der Waals surface area contributed by atoms with Crippen molar-refractivity contribution in [1.29, 1.82) is 0 Å². The number of amides is 2. The summed E-state index contributed by atoms with van der Waals surface area (Å²) in [7, 11) is 0. The van der Waals surface area contributed by atoms with Crippen molar-refractivity contribution in [2.75, 3.05) is 18.4 Å². The SMILES string of the molecule is O=C(Cc1ccccc1)Nc1cnn(-c2cccc(C(=O)N[C@H]3CCNC3)c2)c1. The molecule has 3 N–H and O–H groups in total. The van der Waals surface area contributed by atoms with Gasteiger partial charge in [0, 0.05) is 18.2 Å². The lowest BCUT2D eigenvalue weighted by Crippen LogP contribution is -2.36. The second kappa shape index (κ2) is 8.70. The Hall–Kier alpha value is -3.45. The fourth-order valence-electron chi connectivity index (χ4n) is 3.35. The summed E-state index contributed by atoms with van der Waals surface area (Å²) < 4.78 is 1.64. The molecule has 1 atom stereocenters. The molecule has 1 aliphatic heterocycles. The number of hydrogen-bond donors (Lipinski definition) is 3. The number of carbonyl (C=O) groups is 2. The smallest absolute Gasteiger partial charge is 0.251 e. The number of rotatable bonds is 6. The quantitative estimate of drug-likeness (QED) is 0.603. The van der Waals surface area contributed by atoms with Gasteiger partial charge in [-0.3, -0.25) is 9.59 Å². The van der Waals surface area contributed by atoms with Gasteiger partial charge in [0.2, 0.25) is 5.91 Å². The average Bonchev–Trinajstić information content (AvgIpc) is 3.41. The Morgan fingerprint density at radius 1 is 1.14 bits per heavy atom. The molecule has 0 radical (unpaired) electrons. The van der Waals surface area contributed by atoms with E-state index in [0.29, 0.717) is 17.7 Å². The molecule has 4 rings (SSSR count). The van der Waals surface area contributed by atoms with E-state index in [4.69, 9.17) is 0 Å². The highest BCUT2D eigenvalue weighted by Gasteiger charge is 2.18. The van der Waals surface area contributed by atoms with Crippen LogP contribution >= 0.6 is 0 Å². The molecule has 1 aromatic heterocycles. The predicted molar refractivity (Wildman–Crippen MR) is 111 cm³/mol. The second-order valence-corrected chi connectivity index (χ2v) is 7.10.